The summed E-state index contributed by atoms with van der Waals surface area (Å²) in [5.41, 5.74) is 1.26. The fraction of sp³-hybridized carbons (Fsp3) is 0.269. The first-order valence-corrected chi connectivity index (χ1v) is 11.5. The molecule has 1 aliphatic heterocycles. The molecule has 2 aromatic carbocycles. The van der Waals surface area contributed by atoms with Crippen LogP contribution in [0.5, 0.6) is 0 Å². The summed E-state index contributed by atoms with van der Waals surface area (Å²) in [6, 6.07) is 22.0. The van der Waals surface area contributed by atoms with Crippen molar-refractivity contribution in [2.75, 3.05) is 18.0 Å². The van der Waals surface area contributed by atoms with Gasteiger partial charge in [0.1, 0.15) is 5.82 Å². The third kappa shape index (κ3) is 6.11. The molecule has 170 valence electrons. The number of carbonyl (C=O) groups excluding carboxylic acids is 2. The summed E-state index contributed by atoms with van der Waals surface area (Å²) in [5.74, 6) is 0.583. The summed E-state index contributed by atoms with van der Waals surface area (Å²) in [5, 5.41) is 6.52. The number of rotatable bonds is 7. The first-order chi connectivity index (χ1) is 16.1. The van der Waals surface area contributed by atoms with Crippen molar-refractivity contribution in [1.29, 1.82) is 0 Å². The highest BCUT2D eigenvalue weighted by Crippen LogP contribution is 2.21. The second-order valence-electron chi connectivity index (χ2n) is 8.14. The van der Waals surface area contributed by atoms with Crippen molar-refractivity contribution in [2.24, 2.45) is 0 Å². The van der Waals surface area contributed by atoms with Crippen LogP contribution in [-0.4, -0.2) is 35.9 Å². The lowest BCUT2D eigenvalue weighted by Crippen LogP contribution is -2.45. The van der Waals surface area contributed by atoms with Crippen LogP contribution in [-0.2, 0) is 4.79 Å². The lowest BCUT2D eigenvalue weighted by molar-refractivity contribution is -0.122. The molecule has 3 aromatic rings. The molecular weight excluding hydrogens is 436 g/mol. The highest BCUT2D eigenvalue weighted by atomic mass is 35.5. The number of anilines is 1. The number of hydrogen-bond acceptors (Lipinski definition) is 4. The minimum Gasteiger partial charge on any atom is -0.356 e. The van der Waals surface area contributed by atoms with Crippen LogP contribution in [0.4, 0.5) is 5.82 Å². The van der Waals surface area contributed by atoms with E-state index in [4.69, 9.17) is 11.6 Å². The number of nitrogens with one attached hydrogen (secondary N) is 2. The molecule has 33 heavy (non-hydrogen) atoms. The second kappa shape index (κ2) is 11.0. The molecule has 1 aromatic heterocycles. The van der Waals surface area contributed by atoms with Crippen LogP contribution in [0.3, 0.4) is 0 Å². The van der Waals surface area contributed by atoms with Gasteiger partial charge < -0.3 is 15.5 Å². The smallest absolute Gasteiger partial charge is 0.253 e. The summed E-state index contributed by atoms with van der Waals surface area (Å²) < 4.78 is 0. The van der Waals surface area contributed by atoms with E-state index in [2.05, 4.69) is 20.5 Å². The molecule has 0 spiro atoms. The quantitative estimate of drug-likeness (QED) is 0.546. The molecule has 0 aliphatic carbocycles. The number of benzene rings is 2. The number of halogens is 1. The van der Waals surface area contributed by atoms with E-state index < -0.39 is 6.04 Å². The second-order valence-corrected chi connectivity index (χ2v) is 8.54. The molecule has 4 rings (SSSR count). The van der Waals surface area contributed by atoms with Gasteiger partial charge in [-0.25, -0.2) is 4.98 Å². The monoisotopic (exact) mass is 462 g/mol. The van der Waals surface area contributed by atoms with Crippen LogP contribution < -0.4 is 15.5 Å². The van der Waals surface area contributed by atoms with Gasteiger partial charge in [-0.2, -0.15) is 0 Å². The number of nitrogens with zero attached hydrogens (tertiary/aromatic N) is 2. The molecule has 0 saturated carbocycles. The average Bonchev–Trinajstić information content (AvgIpc) is 2.85. The van der Waals surface area contributed by atoms with Crippen LogP contribution in [0, 0.1) is 0 Å². The van der Waals surface area contributed by atoms with Gasteiger partial charge in [0.15, 0.2) is 0 Å². The molecule has 1 fully saturated rings. The maximum atomic E-state index is 12.9. The molecule has 0 bridgehead atoms. The number of carbonyl (C=O) groups is 2. The number of amides is 2. The minimum absolute atomic E-state index is 0.0837. The third-order valence-corrected chi connectivity index (χ3v) is 6.18. The van der Waals surface area contributed by atoms with E-state index >= 15 is 0 Å². The van der Waals surface area contributed by atoms with Gasteiger partial charge in [0.05, 0.1) is 23.0 Å². The number of piperidine rings is 1. The van der Waals surface area contributed by atoms with Gasteiger partial charge in [0.25, 0.3) is 5.91 Å². The normalized spacial score (nSPS) is 15.0. The maximum Gasteiger partial charge on any atom is 0.253 e. The highest BCUT2D eigenvalue weighted by Gasteiger charge is 2.24. The van der Waals surface area contributed by atoms with Gasteiger partial charge in [-0.15, -0.1) is 0 Å². The van der Waals surface area contributed by atoms with E-state index in [1.54, 1.807) is 30.5 Å². The van der Waals surface area contributed by atoms with Gasteiger partial charge in [-0.3, -0.25) is 9.59 Å². The van der Waals surface area contributed by atoms with E-state index in [-0.39, 0.29) is 24.3 Å². The van der Waals surface area contributed by atoms with Gasteiger partial charge in [-0.1, -0.05) is 60.1 Å². The lowest BCUT2D eigenvalue weighted by atomic mass is 10.0. The summed E-state index contributed by atoms with van der Waals surface area (Å²) in [4.78, 5) is 32.4. The third-order valence-electron chi connectivity index (χ3n) is 5.85. The molecule has 2 heterocycles. The topological polar surface area (TPSA) is 74.3 Å². The molecule has 6 nitrogen and oxygen atoms in total. The molecule has 2 N–H and O–H groups in total. The van der Waals surface area contributed by atoms with E-state index in [9.17, 15) is 9.59 Å². The molecule has 2 amide bonds. The zero-order chi connectivity index (χ0) is 23.0. The highest BCUT2D eigenvalue weighted by molar-refractivity contribution is 6.33. The maximum absolute atomic E-state index is 12.9. The number of aromatic nitrogens is 1. The zero-order valence-electron chi connectivity index (χ0n) is 18.3. The SMILES string of the molecule is O=C(CC(NC(=O)c1ccccc1Cl)c1ccccc1)NC1CCN(c2ccccn2)CC1. The van der Waals surface area contributed by atoms with Crippen LogP contribution in [0.1, 0.15) is 41.2 Å². The number of pyridine rings is 1. The Morgan fingerprint density at radius 2 is 1.67 bits per heavy atom. The average molecular weight is 463 g/mol. The van der Waals surface area contributed by atoms with Crippen molar-refractivity contribution < 1.29 is 9.59 Å². The van der Waals surface area contributed by atoms with Gasteiger partial charge in [0.2, 0.25) is 5.91 Å². The van der Waals surface area contributed by atoms with Crippen molar-refractivity contribution in [3.05, 3.63) is 95.1 Å². The molecule has 1 saturated heterocycles. The molecule has 1 aliphatic rings. The Balaban J connectivity index is 1.37. The molecular formula is C26H27ClN4O2. The van der Waals surface area contributed by atoms with Crippen molar-refractivity contribution in [1.82, 2.24) is 15.6 Å². The van der Waals surface area contributed by atoms with Crippen molar-refractivity contribution in [3.8, 4) is 0 Å². The van der Waals surface area contributed by atoms with Crippen LogP contribution in [0.25, 0.3) is 0 Å². The van der Waals surface area contributed by atoms with Crippen LogP contribution in [0.2, 0.25) is 5.02 Å². The van der Waals surface area contributed by atoms with Crippen LogP contribution >= 0.6 is 11.6 Å². The van der Waals surface area contributed by atoms with E-state index in [1.807, 2.05) is 48.5 Å². The predicted octanol–water partition coefficient (Wildman–Crippen LogP) is 4.38. The largest absolute Gasteiger partial charge is 0.356 e. The van der Waals surface area contributed by atoms with Crippen LogP contribution in [0.15, 0.2) is 79.0 Å². The Morgan fingerprint density at radius 1 is 0.970 bits per heavy atom. The predicted molar refractivity (Wildman–Crippen MR) is 130 cm³/mol. The van der Waals surface area contributed by atoms with Crippen molar-refractivity contribution in [2.45, 2.75) is 31.3 Å². The zero-order valence-corrected chi connectivity index (χ0v) is 19.0. The van der Waals surface area contributed by atoms with Gasteiger partial charge >= 0.3 is 0 Å². The van der Waals surface area contributed by atoms with Crippen molar-refractivity contribution in [3.63, 3.8) is 0 Å². The molecule has 1 atom stereocenters. The minimum atomic E-state index is -0.455. The lowest BCUT2D eigenvalue weighted by Gasteiger charge is -2.33. The van der Waals surface area contributed by atoms with E-state index in [0.717, 1.165) is 37.3 Å². The van der Waals surface area contributed by atoms with Crippen molar-refractivity contribution >= 4 is 29.2 Å². The molecule has 1 unspecified atom stereocenters. The van der Waals surface area contributed by atoms with Gasteiger partial charge in [0, 0.05) is 25.3 Å². The fourth-order valence-electron chi connectivity index (χ4n) is 4.08. The summed E-state index contributed by atoms with van der Waals surface area (Å²) in [6.45, 7) is 1.68. The Labute approximate surface area is 199 Å². The van der Waals surface area contributed by atoms with E-state index in [0.29, 0.717) is 10.6 Å². The first kappa shape index (κ1) is 22.8. The standard InChI is InChI=1S/C26H27ClN4O2/c27-22-11-5-4-10-21(22)26(33)30-23(19-8-2-1-3-9-19)18-25(32)29-20-13-16-31(17-14-20)24-12-6-7-15-28-24/h1-12,15,20,23H,13-14,16-18H2,(H,29,32)(H,30,33). The van der Waals surface area contributed by atoms with Gasteiger partial charge in [-0.05, 0) is 42.7 Å². The molecule has 7 heteroatoms. The Morgan fingerprint density at radius 3 is 2.36 bits per heavy atom. The first-order valence-electron chi connectivity index (χ1n) is 11.2. The Hall–Kier alpha value is -3.38. The number of hydrogen-bond donors (Lipinski definition) is 2. The summed E-state index contributed by atoms with van der Waals surface area (Å²) in [7, 11) is 0. The van der Waals surface area contributed by atoms with E-state index in [1.165, 1.54) is 0 Å². The summed E-state index contributed by atoms with van der Waals surface area (Å²) >= 11 is 6.19. The Bertz CT molecular complexity index is 1070. The summed E-state index contributed by atoms with van der Waals surface area (Å²) in [6.07, 6.45) is 3.65. The molecule has 0 radical (unpaired) electrons. The Kier molecular flexibility index (Phi) is 7.58. The fourth-order valence-corrected chi connectivity index (χ4v) is 4.31.